The largest absolute Gasteiger partial charge is 0.467 e. The third-order valence-corrected chi connectivity index (χ3v) is 4.40. The Bertz CT molecular complexity index is 827. The van der Waals surface area contributed by atoms with Gasteiger partial charge in [0, 0.05) is 5.02 Å². The van der Waals surface area contributed by atoms with E-state index in [1.807, 2.05) is 18.2 Å². The van der Waals surface area contributed by atoms with Crippen LogP contribution in [0.1, 0.15) is 17.4 Å². The third-order valence-electron chi connectivity index (χ3n) is 4.15. The van der Waals surface area contributed by atoms with E-state index in [2.05, 4.69) is 10.6 Å². The topological polar surface area (TPSA) is 74.6 Å². The van der Waals surface area contributed by atoms with E-state index in [4.69, 9.17) is 16.0 Å². The molecule has 0 bridgehead atoms. The molecule has 0 radical (unpaired) electrons. The Morgan fingerprint density at radius 2 is 2.00 bits per heavy atom. The van der Waals surface area contributed by atoms with Gasteiger partial charge in [0.25, 0.3) is 5.91 Å². The summed E-state index contributed by atoms with van der Waals surface area (Å²) in [4.78, 5) is 26.4. The second-order valence-corrected chi connectivity index (χ2v) is 6.15. The zero-order valence-corrected chi connectivity index (χ0v) is 13.3. The van der Waals surface area contributed by atoms with Crippen LogP contribution in [0.15, 0.2) is 58.3 Å². The number of hydrogen-bond donors (Lipinski definition) is 2. The minimum atomic E-state index is -0.486. The highest BCUT2D eigenvalue weighted by molar-refractivity contribution is 6.30. The molecule has 1 atom stereocenters. The van der Waals surface area contributed by atoms with Gasteiger partial charge in [0.15, 0.2) is 0 Å². The Kier molecular flexibility index (Phi) is 3.54. The molecule has 24 heavy (non-hydrogen) atoms. The number of amides is 3. The number of furan rings is 1. The molecule has 2 aliphatic heterocycles. The van der Waals surface area contributed by atoms with E-state index in [0.29, 0.717) is 35.1 Å². The molecule has 2 N–H and O–H groups in total. The van der Waals surface area contributed by atoms with Crippen LogP contribution >= 0.6 is 11.6 Å². The molecule has 2 aromatic rings. The number of halogens is 1. The Morgan fingerprint density at radius 3 is 2.71 bits per heavy atom. The van der Waals surface area contributed by atoms with E-state index in [0.717, 1.165) is 5.56 Å². The van der Waals surface area contributed by atoms with E-state index < -0.39 is 6.04 Å². The SMILES string of the molecule is O=C1NC2=C(C(=O)N(Cc3ccco3)C2)[C@@H](c2ccc(Cl)cc2)N1. The molecule has 2 aliphatic rings. The molecule has 3 heterocycles. The first-order valence-corrected chi connectivity index (χ1v) is 7.87. The van der Waals surface area contributed by atoms with Crippen molar-refractivity contribution in [3.05, 3.63) is 70.3 Å². The average molecular weight is 344 g/mol. The van der Waals surface area contributed by atoms with Crippen molar-refractivity contribution in [2.24, 2.45) is 0 Å². The molecule has 0 aliphatic carbocycles. The lowest BCUT2D eigenvalue weighted by Gasteiger charge is -2.25. The molecule has 0 unspecified atom stereocenters. The maximum absolute atomic E-state index is 12.8. The molecular weight excluding hydrogens is 330 g/mol. The Balaban J connectivity index is 1.64. The van der Waals surface area contributed by atoms with Crippen molar-refractivity contribution in [3.63, 3.8) is 0 Å². The molecule has 1 aromatic heterocycles. The molecule has 6 nitrogen and oxygen atoms in total. The molecule has 1 aromatic carbocycles. The zero-order valence-electron chi connectivity index (χ0n) is 12.6. The summed E-state index contributed by atoms with van der Waals surface area (Å²) in [7, 11) is 0. The average Bonchev–Trinajstić information content (AvgIpc) is 3.17. The first-order valence-electron chi connectivity index (χ1n) is 7.49. The molecule has 122 valence electrons. The first kappa shape index (κ1) is 14.8. The van der Waals surface area contributed by atoms with Gasteiger partial charge in [-0.05, 0) is 29.8 Å². The number of nitrogens with zero attached hydrogens (tertiary/aromatic N) is 1. The van der Waals surface area contributed by atoms with Crippen LogP contribution in [0.3, 0.4) is 0 Å². The van der Waals surface area contributed by atoms with Crippen LogP contribution in [0.5, 0.6) is 0 Å². The second-order valence-electron chi connectivity index (χ2n) is 5.72. The van der Waals surface area contributed by atoms with E-state index in [1.54, 1.807) is 29.4 Å². The molecule has 0 fully saturated rings. The molecule has 0 saturated heterocycles. The fourth-order valence-corrected chi connectivity index (χ4v) is 3.18. The van der Waals surface area contributed by atoms with Crippen LogP contribution < -0.4 is 10.6 Å². The lowest BCUT2D eigenvalue weighted by molar-refractivity contribution is -0.126. The number of carbonyl (C=O) groups is 2. The Morgan fingerprint density at radius 1 is 1.21 bits per heavy atom. The molecule has 4 rings (SSSR count). The van der Waals surface area contributed by atoms with Gasteiger partial charge in [0.05, 0.1) is 36.7 Å². The van der Waals surface area contributed by atoms with Gasteiger partial charge in [-0.1, -0.05) is 23.7 Å². The summed E-state index contributed by atoms with van der Waals surface area (Å²) >= 11 is 5.92. The summed E-state index contributed by atoms with van der Waals surface area (Å²) in [5.41, 5.74) is 2.01. The van der Waals surface area contributed by atoms with Gasteiger partial charge in [0.2, 0.25) is 0 Å². The van der Waals surface area contributed by atoms with E-state index in [1.165, 1.54) is 0 Å². The minimum absolute atomic E-state index is 0.117. The quantitative estimate of drug-likeness (QED) is 0.899. The number of rotatable bonds is 3. The fraction of sp³-hybridized carbons (Fsp3) is 0.176. The summed E-state index contributed by atoms with van der Waals surface area (Å²) in [6.45, 7) is 0.717. The van der Waals surface area contributed by atoms with E-state index >= 15 is 0 Å². The van der Waals surface area contributed by atoms with Crippen LogP contribution in [0.2, 0.25) is 5.02 Å². The Labute approximate surface area is 143 Å². The second kappa shape index (κ2) is 5.72. The van der Waals surface area contributed by atoms with Crippen molar-refractivity contribution in [2.45, 2.75) is 12.6 Å². The number of urea groups is 1. The minimum Gasteiger partial charge on any atom is -0.467 e. The van der Waals surface area contributed by atoms with Gasteiger partial charge in [-0.15, -0.1) is 0 Å². The molecule has 3 amide bonds. The smallest absolute Gasteiger partial charge is 0.319 e. The fourth-order valence-electron chi connectivity index (χ4n) is 3.05. The summed E-state index contributed by atoms with van der Waals surface area (Å²) in [6, 6.07) is 9.90. The van der Waals surface area contributed by atoms with E-state index in [9.17, 15) is 9.59 Å². The van der Waals surface area contributed by atoms with Gasteiger partial charge in [-0.25, -0.2) is 4.79 Å². The number of carbonyl (C=O) groups excluding carboxylic acids is 2. The van der Waals surface area contributed by atoms with Crippen molar-refractivity contribution in [2.75, 3.05) is 6.54 Å². The summed E-state index contributed by atoms with van der Waals surface area (Å²) in [5.74, 6) is 0.583. The van der Waals surface area contributed by atoms with Crippen LogP contribution in [0, 0.1) is 0 Å². The highest BCUT2D eigenvalue weighted by Gasteiger charge is 2.40. The Hall–Kier alpha value is -2.73. The summed E-state index contributed by atoms with van der Waals surface area (Å²) in [5, 5.41) is 6.15. The number of nitrogens with one attached hydrogen (secondary N) is 2. The number of hydrogen-bond acceptors (Lipinski definition) is 3. The highest BCUT2D eigenvalue weighted by atomic mass is 35.5. The molecule has 0 saturated carbocycles. The van der Waals surface area contributed by atoms with Crippen LogP contribution in [0.4, 0.5) is 4.79 Å². The predicted octanol–water partition coefficient (Wildman–Crippen LogP) is 2.58. The normalized spacial score (nSPS) is 20.0. The lowest BCUT2D eigenvalue weighted by atomic mass is 9.96. The molecule has 7 heteroatoms. The molecular formula is C17H14ClN3O3. The van der Waals surface area contributed by atoms with Crippen LogP contribution in [-0.4, -0.2) is 23.4 Å². The van der Waals surface area contributed by atoms with Gasteiger partial charge >= 0.3 is 6.03 Å². The highest BCUT2D eigenvalue weighted by Crippen LogP contribution is 2.33. The standard InChI is InChI=1S/C17H14ClN3O3/c18-11-5-3-10(4-6-11)15-14-13(19-17(23)20-15)9-21(16(14)22)8-12-2-1-7-24-12/h1-7,15H,8-9H2,(H2,19,20,23)/t15-/m1/s1. The van der Waals surface area contributed by atoms with Crippen molar-refractivity contribution in [3.8, 4) is 0 Å². The van der Waals surface area contributed by atoms with Gasteiger partial charge < -0.3 is 20.0 Å². The maximum Gasteiger partial charge on any atom is 0.319 e. The van der Waals surface area contributed by atoms with Crippen LogP contribution in [0.25, 0.3) is 0 Å². The summed E-state index contributed by atoms with van der Waals surface area (Å²) < 4.78 is 5.31. The summed E-state index contributed by atoms with van der Waals surface area (Å²) in [6.07, 6.45) is 1.57. The third kappa shape index (κ3) is 2.55. The first-order chi connectivity index (χ1) is 11.6. The lowest BCUT2D eigenvalue weighted by Crippen LogP contribution is -2.44. The van der Waals surface area contributed by atoms with Crippen molar-refractivity contribution in [1.82, 2.24) is 15.5 Å². The van der Waals surface area contributed by atoms with Crippen molar-refractivity contribution in [1.29, 1.82) is 0 Å². The van der Waals surface area contributed by atoms with Gasteiger partial charge in [-0.2, -0.15) is 0 Å². The van der Waals surface area contributed by atoms with E-state index in [-0.39, 0.29) is 11.9 Å². The van der Waals surface area contributed by atoms with Crippen molar-refractivity contribution < 1.29 is 14.0 Å². The predicted molar refractivity (Wildman–Crippen MR) is 87.0 cm³/mol. The van der Waals surface area contributed by atoms with Gasteiger partial charge in [-0.3, -0.25) is 4.79 Å². The zero-order chi connectivity index (χ0) is 16.7. The number of benzene rings is 1. The van der Waals surface area contributed by atoms with Gasteiger partial charge in [0.1, 0.15) is 5.76 Å². The van der Waals surface area contributed by atoms with Crippen LogP contribution in [-0.2, 0) is 11.3 Å². The monoisotopic (exact) mass is 343 g/mol. The molecule has 0 spiro atoms. The maximum atomic E-state index is 12.8. The van der Waals surface area contributed by atoms with Crippen molar-refractivity contribution >= 4 is 23.5 Å².